The summed E-state index contributed by atoms with van der Waals surface area (Å²) in [5, 5.41) is 12.8. The zero-order valence-corrected chi connectivity index (χ0v) is 12.7. The van der Waals surface area contributed by atoms with Crippen LogP contribution in [-0.4, -0.2) is 36.0 Å². The Labute approximate surface area is 129 Å². The molecule has 3 rings (SSSR count). The van der Waals surface area contributed by atoms with E-state index >= 15 is 0 Å². The Morgan fingerprint density at radius 3 is 2.95 bits per heavy atom. The largest absolute Gasteiger partial charge is 0.504 e. The van der Waals surface area contributed by atoms with Gasteiger partial charge < -0.3 is 15.2 Å². The van der Waals surface area contributed by atoms with Crippen LogP contribution in [0.1, 0.15) is 29.6 Å². The molecule has 1 aromatic rings. The maximum atomic E-state index is 12.9. The highest BCUT2D eigenvalue weighted by molar-refractivity contribution is 5.98. The molecule has 5 nitrogen and oxygen atoms in total. The van der Waals surface area contributed by atoms with E-state index in [1.54, 1.807) is 17.7 Å². The molecule has 0 bridgehead atoms. The molecule has 1 aliphatic heterocycles. The fourth-order valence-corrected chi connectivity index (χ4v) is 2.89. The van der Waals surface area contributed by atoms with Gasteiger partial charge in [0.25, 0.3) is 0 Å². The lowest BCUT2D eigenvalue weighted by Gasteiger charge is -2.11. The molecule has 1 aliphatic carbocycles. The summed E-state index contributed by atoms with van der Waals surface area (Å²) in [4.78, 5) is 12.9. The molecule has 22 heavy (non-hydrogen) atoms. The average Bonchev–Trinajstić information content (AvgIpc) is 2.98. The van der Waals surface area contributed by atoms with Gasteiger partial charge in [0.2, 0.25) is 5.70 Å². The number of phenolic OH excluding ortho intramolecular Hbond substituents is 1. The number of benzene rings is 1. The molecule has 0 radical (unpaired) electrons. The number of amides is 1. The second-order valence-electron chi connectivity index (χ2n) is 5.31. The fourth-order valence-electron chi connectivity index (χ4n) is 2.89. The number of carbonyl (C=O) groups is 1. The van der Waals surface area contributed by atoms with Crippen molar-refractivity contribution in [2.24, 2.45) is 0 Å². The van der Waals surface area contributed by atoms with E-state index in [2.05, 4.69) is 11.4 Å². The number of anilines is 1. The minimum atomic E-state index is -0.126. The molecule has 0 saturated heterocycles. The summed E-state index contributed by atoms with van der Waals surface area (Å²) in [6, 6.07) is 3.08. The molecule has 2 N–H and O–H groups in total. The molecule has 0 atom stereocenters. The second kappa shape index (κ2) is 5.67. The molecule has 114 valence electrons. The lowest BCUT2D eigenvalue weighted by atomic mass is 10.0. The van der Waals surface area contributed by atoms with Crippen molar-refractivity contribution in [3.8, 4) is 11.5 Å². The lowest BCUT2D eigenvalue weighted by Crippen LogP contribution is -2.20. The van der Waals surface area contributed by atoms with Crippen LogP contribution in [0.3, 0.4) is 0 Å². The van der Waals surface area contributed by atoms with Crippen molar-refractivity contribution >= 4 is 17.8 Å². The van der Waals surface area contributed by atoms with Gasteiger partial charge in [-0.15, -0.1) is 4.58 Å². The monoisotopic (exact) mass is 299 g/mol. The van der Waals surface area contributed by atoms with Crippen LogP contribution >= 0.6 is 0 Å². The first-order chi connectivity index (χ1) is 10.7. The van der Waals surface area contributed by atoms with E-state index < -0.39 is 0 Å². The van der Waals surface area contributed by atoms with Crippen LogP contribution in [0.4, 0.5) is 5.69 Å². The van der Waals surface area contributed by atoms with Crippen LogP contribution in [0, 0.1) is 0 Å². The zero-order chi connectivity index (χ0) is 15.7. The number of rotatable bonds is 3. The zero-order valence-electron chi connectivity index (χ0n) is 12.7. The third-order valence-corrected chi connectivity index (χ3v) is 4.07. The Morgan fingerprint density at radius 2 is 2.23 bits per heavy atom. The molecule has 1 aromatic carbocycles. The van der Waals surface area contributed by atoms with Gasteiger partial charge in [-0.2, -0.15) is 0 Å². The summed E-state index contributed by atoms with van der Waals surface area (Å²) in [7, 11) is 3.19. The van der Waals surface area contributed by atoms with Crippen molar-refractivity contribution in [3.05, 3.63) is 41.1 Å². The molecule has 1 amide bonds. The summed E-state index contributed by atoms with van der Waals surface area (Å²) in [6.45, 7) is 0. The number of phenols is 1. The number of hydrogen-bond acceptors (Lipinski definition) is 4. The Bertz CT molecular complexity index is 730. The van der Waals surface area contributed by atoms with E-state index in [1.807, 2.05) is 12.3 Å². The van der Waals surface area contributed by atoms with E-state index in [9.17, 15) is 9.90 Å². The SMILES string of the molecule is CNc1cc(O)c(OC)cc1C(=O)[N+]1=CCC2=C1C=CCC2. The number of carbonyl (C=O) groups excluding carboxylic acids is 1. The molecule has 2 aliphatic rings. The number of hydrogen-bond donors (Lipinski definition) is 2. The quantitative estimate of drug-likeness (QED) is 0.842. The number of aromatic hydroxyl groups is 1. The topological polar surface area (TPSA) is 61.6 Å². The van der Waals surface area contributed by atoms with Crippen LogP contribution in [0.25, 0.3) is 0 Å². The highest BCUT2D eigenvalue weighted by Crippen LogP contribution is 2.34. The second-order valence-corrected chi connectivity index (χ2v) is 5.31. The van der Waals surface area contributed by atoms with Crippen molar-refractivity contribution in [2.45, 2.75) is 19.3 Å². The minimum absolute atomic E-state index is 0.00580. The van der Waals surface area contributed by atoms with Crippen molar-refractivity contribution in [1.29, 1.82) is 0 Å². The molecular formula is C17H19N2O3+. The minimum Gasteiger partial charge on any atom is -0.504 e. The maximum Gasteiger partial charge on any atom is 0.427 e. The molecule has 0 aromatic heterocycles. The third kappa shape index (κ3) is 2.28. The number of nitrogens with one attached hydrogen (secondary N) is 1. The van der Waals surface area contributed by atoms with Crippen LogP contribution in [0.15, 0.2) is 35.6 Å². The average molecular weight is 299 g/mol. The number of ether oxygens (including phenoxy) is 1. The van der Waals surface area contributed by atoms with E-state index in [0.29, 0.717) is 11.3 Å². The van der Waals surface area contributed by atoms with Crippen LogP contribution in [0.5, 0.6) is 11.5 Å². The summed E-state index contributed by atoms with van der Waals surface area (Å²) in [5.41, 5.74) is 3.32. The Morgan fingerprint density at radius 1 is 1.41 bits per heavy atom. The summed E-state index contributed by atoms with van der Waals surface area (Å²) in [5.74, 6) is 0.167. The molecule has 1 heterocycles. The van der Waals surface area contributed by atoms with Gasteiger partial charge in [-0.1, -0.05) is 6.08 Å². The van der Waals surface area contributed by atoms with Gasteiger partial charge in [0.05, 0.1) is 19.2 Å². The van der Waals surface area contributed by atoms with E-state index in [4.69, 9.17) is 4.74 Å². The summed E-state index contributed by atoms with van der Waals surface area (Å²) < 4.78 is 6.81. The summed E-state index contributed by atoms with van der Waals surface area (Å²) >= 11 is 0. The van der Waals surface area contributed by atoms with Gasteiger partial charge in [-0.3, -0.25) is 0 Å². The molecule has 0 saturated carbocycles. The van der Waals surface area contributed by atoms with E-state index in [0.717, 1.165) is 25.0 Å². The molecule has 0 fully saturated rings. The Kier molecular flexibility index (Phi) is 3.71. The number of nitrogens with zero attached hydrogens (tertiary/aromatic N) is 1. The molecule has 5 heteroatoms. The maximum absolute atomic E-state index is 12.9. The summed E-state index contributed by atoms with van der Waals surface area (Å²) in [6.07, 6.45) is 8.87. The third-order valence-electron chi connectivity index (χ3n) is 4.07. The van der Waals surface area contributed by atoms with Crippen molar-refractivity contribution in [3.63, 3.8) is 0 Å². The van der Waals surface area contributed by atoms with Crippen LogP contribution < -0.4 is 10.1 Å². The van der Waals surface area contributed by atoms with Gasteiger partial charge in [0, 0.05) is 30.8 Å². The number of allylic oxidation sites excluding steroid dienone is 3. The first kappa shape index (κ1) is 14.4. The van der Waals surface area contributed by atoms with Crippen molar-refractivity contribution in [2.75, 3.05) is 19.5 Å². The highest BCUT2D eigenvalue weighted by Gasteiger charge is 2.33. The van der Waals surface area contributed by atoms with Crippen molar-refractivity contribution < 1.29 is 19.2 Å². The van der Waals surface area contributed by atoms with Crippen LogP contribution in [0.2, 0.25) is 0 Å². The van der Waals surface area contributed by atoms with E-state index in [1.165, 1.54) is 18.7 Å². The van der Waals surface area contributed by atoms with Crippen molar-refractivity contribution in [1.82, 2.24) is 0 Å². The molecular weight excluding hydrogens is 280 g/mol. The van der Waals surface area contributed by atoms with Gasteiger partial charge in [-0.25, -0.2) is 4.79 Å². The van der Waals surface area contributed by atoms with E-state index in [-0.39, 0.29) is 17.4 Å². The molecule has 0 spiro atoms. The predicted molar refractivity (Wildman–Crippen MR) is 84.9 cm³/mol. The van der Waals surface area contributed by atoms with Gasteiger partial charge >= 0.3 is 5.91 Å². The molecule has 0 unspecified atom stereocenters. The Hall–Kier alpha value is -2.56. The first-order valence-electron chi connectivity index (χ1n) is 7.30. The Balaban J connectivity index is 2.03. The van der Waals surface area contributed by atoms with Crippen LogP contribution in [-0.2, 0) is 0 Å². The van der Waals surface area contributed by atoms with Gasteiger partial charge in [-0.05, 0) is 12.8 Å². The van der Waals surface area contributed by atoms with Gasteiger partial charge in [0.1, 0.15) is 5.56 Å². The smallest absolute Gasteiger partial charge is 0.427 e. The standard InChI is InChI=1S/C17H18N2O3/c1-18-13-10-15(20)16(22-2)9-12(13)17(21)19-8-7-11-5-3-4-6-14(11)19/h4,6,8-10H,3,5,7H2,1-2H3,(H-,18,20,21)/p+1. The fraction of sp³-hybridized carbons (Fsp3) is 0.294. The lowest BCUT2D eigenvalue weighted by molar-refractivity contribution is -0.360. The highest BCUT2D eigenvalue weighted by atomic mass is 16.5. The normalized spacial score (nSPS) is 16.4. The first-order valence-corrected chi connectivity index (χ1v) is 7.30. The van der Waals surface area contributed by atoms with Gasteiger partial charge in [0.15, 0.2) is 17.7 Å². The predicted octanol–water partition coefficient (Wildman–Crippen LogP) is 2.67. The number of methoxy groups -OCH3 is 1.